The molecule has 0 aliphatic heterocycles. The Labute approximate surface area is 162 Å². The maximum atomic E-state index is 12.7. The number of allylic oxidation sites excluding steroid dienone is 2. The molecular formula is C20H18N2O5S. The zero-order valence-electron chi connectivity index (χ0n) is 15.3. The number of Topliss-reactive ketones (excluding diaryl/α,β-unsaturated/α-hetero) is 1. The average molecular weight is 398 g/mol. The van der Waals surface area contributed by atoms with Crippen LogP contribution in [-0.2, 0) is 14.8 Å². The molecule has 2 aromatic carbocycles. The summed E-state index contributed by atoms with van der Waals surface area (Å²) in [4.78, 5) is 24.4. The Hall–Kier alpha value is -3.26. The number of ether oxygens (including phenoxy) is 1. The fourth-order valence-electron chi connectivity index (χ4n) is 2.67. The first kappa shape index (κ1) is 19.5. The number of amides is 1. The van der Waals surface area contributed by atoms with E-state index in [1.165, 1.54) is 18.2 Å². The Bertz CT molecular complexity index is 1100. The van der Waals surface area contributed by atoms with Gasteiger partial charge in [0.1, 0.15) is 0 Å². The van der Waals surface area contributed by atoms with E-state index in [1.807, 2.05) is 6.92 Å². The molecule has 144 valence electrons. The van der Waals surface area contributed by atoms with E-state index in [0.29, 0.717) is 5.56 Å². The molecule has 2 aromatic rings. The predicted octanol–water partition coefficient (Wildman–Crippen LogP) is 3.00. The third kappa shape index (κ3) is 4.01. The van der Waals surface area contributed by atoms with Crippen molar-refractivity contribution in [1.82, 2.24) is 5.32 Å². The van der Waals surface area contributed by atoms with Gasteiger partial charge in [-0.25, -0.2) is 4.79 Å². The van der Waals surface area contributed by atoms with Crippen LogP contribution in [0.15, 0.2) is 69.6 Å². The van der Waals surface area contributed by atoms with Gasteiger partial charge in [-0.1, -0.05) is 42.0 Å². The molecule has 0 atom stereocenters. The van der Waals surface area contributed by atoms with Gasteiger partial charge in [-0.3, -0.25) is 10.1 Å². The molecule has 0 heterocycles. The summed E-state index contributed by atoms with van der Waals surface area (Å²) in [5.41, 5.74) is 1.49. The first-order valence-corrected chi connectivity index (χ1v) is 9.97. The van der Waals surface area contributed by atoms with Crippen LogP contribution in [0.2, 0.25) is 0 Å². The van der Waals surface area contributed by atoms with Crippen LogP contribution < -0.4 is 5.32 Å². The molecule has 0 fully saturated rings. The molecule has 0 spiro atoms. The molecule has 28 heavy (non-hydrogen) atoms. The van der Waals surface area contributed by atoms with Crippen molar-refractivity contribution in [2.45, 2.75) is 18.7 Å². The first-order valence-electron chi connectivity index (χ1n) is 8.53. The molecule has 1 N–H and O–H groups in total. The van der Waals surface area contributed by atoms with Gasteiger partial charge in [0.2, 0.25) is 5.78 Å². The number of sulfonamides is 1. The Morgan fingerprint density at radius 1 is 1.07 bits per heavy atom. The molecule has 8 heteroatoms. The van der Waals surface area contributed by atoms with E-state index in [0.717, 1.165) is 5.56 Å². The summed E-state index contributed by atoms with van der Waals surface area (Å²) in [6.07, 6.45) is 0.440. The summed E-state index contributed by atoms with van der Waals surface area (Å²) in [6, 6.07) is 12.8. The van der Waals surface area contributed by atoms with E-state index in [4.69, 9.17) is 4.74 Å². The Morgan fingerprint density at radius 3 is 2.36 bits per heavy atom. The van der Waals surface area contributed by atoms with E-state index in [2.05, 4.69) is 9.71 Å². The van der Waals surface area contributed by atoms with Gasteiger partial charge >= 0.3 is 6.09 Å². The highest BCUT2D eigenvalue weighted by Crippen LogP contribution is 2.23. The van der Waals surface area contributed by atoms with Gasteiger partial charge in [-0.05, 0) is 32.1 Å². The standard InChI is InChI=1S/C20H18N2O5S/c1-3-27-20(24)21-18-12-17(15-6-4-5-7-16(15)19(18)23)22-28(25,26)14-10-8-13(2)9-11-14/h4-12H,3H2,1-2H3,(H,21,24)/b22-17+. The second kappa shape index (κ2) is 7.77. The van der Waals surface area contributed by atoms with E-state index in [1.54, 1.807) is 43.3 Å². The third-order valence-electron chi connectivity index (χ3n) is 4.02. The van der Waals surface area contributed by atoms with E-state index in [-0.39, 0.29) is 28.5 Å². The number of nitrogens with one attached hydrogen (secondary N) is 1. The van der Waals surface area contributed by atoms with Crippen molar-refractivity contribution >= 4 is 27.6 Å². The number of hydrogen-bond acceptors (Lipinski definition) is 5. The zero-order chi connectivity index (χ0) is 20.3. The molecule has 3 rings (SSSR count). The van der Waals surface area contributed by atoms with Crippen molar-refractivity contribution in [3.63, 3.8) is 0 Å². The molecule has 1 aliphatic rings. The van der Waals surface area contributed by atoms with E-state index < -0.39 is 21.9 Å². The van der Waals surface area contributed by atoms with Crippen LogP contribution in [0, 0.1) is 6.92 Å². The number of carbonyl (C=O) groups excluding carboxylic acids is 2. The van der Waals surface area contributed by atoms with Gasteiger partial charge in [0, 0.05) is 11.1 Å². The zero-order valence-corrected chi connectivity index (χ0v) is 16.1. The van der Waals surface area contributed by atoms with Crippen LogP contribution in [0.5, 0.6) is 0 Å². The third-order valence-corrected chi connectivity index (χ3v) is 5.33. The van der Waals surface area contributed by atoms with Gasteiger partial charge in [0.25, 0.3) is 10.0 Å². The van der Waals surface area contributed by atoms with Gasteiger partial charge in [-0.15, -0.1) is 0 Å². The second-order valence-corrected chi connectivity index (χ2v) is 7.65. The molecular weight excluding hydrogens is 380 g/mol. The summed E-state index contributed by atoms with van der Waals surface area (Å²) in [5.74, 6) is -0.449. The summed E-state index contributed by atoms with van der Waals surface area (Å²) < 4.78 is 34.2. The van der Waals surface area contributed by atoms with Crippen LogP contribution in [0.4, 0.5) is 4.79 Å². The Morgan fingerprint density at radius 2 is 1.71 bits per heavy atom. The van der Waals surface area contributed by atoms with Crippen molar-refractivity contribution in [3.05, 3.63) is 77.0 Å². The second-order valence-electron chi connectivity index (χ2n) is 6.04. The molecule has 0 unspecified atom stereocenters. The molecule has 0 bridgehead atoms. The lowest BCUT2D eigenvalue weighted by Crippen LogP contribution is -2.32. The topological polar surface area (TPSA) is 102 Å². The van der Waals surface area contributed by atoms with Crippen LogP contribution in [0.1, 0.15) is 28.4 Å². The number of fused-ring (bicyclic) bond motifs is 1. The molecule has 0 aromatic heterocycles. The van der Waals surface area contributed by atoms with Crippen LogP contribution in [-0.4, -0.2) is 32.6 Å². The number of carbonyl (C=O) groups is 2. The highest BCUT2D eigenvalue weighted by atomic mass is 32.2. The minimum atomic E-state index is -4.01. The van der Waals surface area contributed by atoms with Gasteiger partial charge < -0.3 is 4.74 Å². The van der Waals surface area contributed by atoms with E-state index >= 15 is 0 Å². The van der Waals surface area contributed by atoms with Crippen molar-refractivity contribution < 1.29 is 22.7 Å². The quantitative estimate of drug-likeness (QED) is 0.853. The molecule has 0 saturated carbocycles. The van der Waals surface area contributed by atoms with Crippen molar-refractivity contribution in [1.29, 1.82) is 0 Å². The Kier molecular flexibility index (Phi) is 5.41. The minimum Gasteiger partial charge on any atom is -0.450 e. The fraction of sp³-hybridized carbons (Fsp3) is 0.150. The molecule has 0 saturated heterocycles. The molecule has 1 amide bonds. The number of nitrogens with zero attached hydrogens (tertiary/aromatic N) is 1. The highest BCUT2D eigenvalue weighted by Gasteiger charge is 2.27. The fourth-order valence-corrected chi connectivity index (χ4v) is 3.66. The van der Waals surface area contributed by atoms with Crippen LogP contribution >= 0.6 is 0 Å². The molecule has 0 radical (unpaired) electrons. The number of benzene rings is 2. The summed E-state index contributed by atoms with van der Waals surface area (Å²) in [5, 5.41) is 2.35. The first-order chi connectivity index (χ1) is 13.3. The maximum absolute atomic E-state index is 12.7. The lowest BCUT2D eigenvalue weighted by molar-refractivity contribution is 0.101. The smallest absolute Gasteiger partial charge is 0.411 e. The van der Waals surface area contributed by atoms with Crippen molar-refractivity contribution in [3.8, 4) is 0 Å². The number of aryl methyl sites for hydroxylation is 1. The largest absolute Gasteiger partial charge is 0.450 e. The minimum absolute atomic E-state index is 0.0354. The van der Waals surface area contributed by atoms with Crippen molar-refractivity contribution in [2.24, 2.45) is 4.40 Å². The molecule has 1 aliphatic carbocycles. The monoisotopic (exact) mass is 398 g/mol. The summed E-state index contributed by atoms with van der Waals surface area (Å²) >= 11 is 0. The normalized spacial score (nSPS) is 15.0. The SMILES string of the molecule is CCOC(=O)NC1=C/C(=N\S(=O)(=O)c2ccc(C)cc2)c2ccccc2C1=O. The molecule has 7 nitrogen and oxygen atoms in total. The highest BCUT2D eigenvalue weighted by molar-refractivity contribution is 7.90. The predicted molar refractivity (Wildman–Crippen MR) is 104 cm³/mol. The van der Waals surface area contributed by atoms with Crippen LogP contribution in [0.25, 0.3) is 0 Å². The van der Waals surface area contributed by atoms with Gasteiger partial charge in [0.15, 0.2) is 0 Å². The number of ketones is 1. The summed E-state index contributed by atoms with van der Waals surface area (Å²) in [7, 11) is -4.01. The lowest BCUT2D eigenvalue weighted by atomic mass is 9.92. The van der Waals surface area contributed by atoms with Crippen molar-refractivity contribution in [2.75, 3.05) is 6.61 Å². The maximum Gasteiger partial charge on any atom is 0.411 e. The van der Waals surface area contributed by atoms with Gasteiger partial charge in [-0.2, -0.15) is 12.8 Å². The number of hydrogen-bond donors (Lipinski definition) is 1. The summed E-state index contributed by atoms with van der Waals surface area (Å²) in [6.45, 7) is 3.61. The average Bonchev–Trinajstić information content (AvgIpc) is 2.66. The lowest BCUT2D eigenvalue weighted by Gasteiger charge is -2.17. The van der Waals surface area contributed by atoms with E-state index in [9.17, 15) is 18.0 Å². The number of alkyl carbamates (subject to hydrolysis) is 1. The van der Waals surface area contributed by atoms with Gasteiger partial charge in [0.05, 0.1) is 22.9 Å². The van der Waals surface area contributed by atoms with Crippen LogP contribution in [0.3, 0.4) is 0 Å². The number of rotatable bonds is 4. The Balaban J connectivity index is 2.09.